The average Bonchev–Trinajstić information content (AvgIpc) is 2.90. The van der Waals surface area contributed by atoms with Gasteiger partial charge in [0.15, 0.2) is 0 Å². The minimum absolute atomic E-state index is 0.0828. The van der Waals surface area contributed by atoms with Crippen molar-refractivity contribution in [3.05, 3.63) is 96.1 Å². The smallest absolute Gasteiger partial charge is 0.264 e. The number of nitrogens with one attached hydrogen (secondary N) is 1. The monoisotopic (exact) mass is 521 g/mol. The highest BCUT2D eigenvalue weighted by atomic mass is 32.2. The fourth-order valence-corrected chi connectivity index (χ4v) is 5.20. The molecule has 37 heavy (non-hydrogen) atoms. The highest BCUT2D eigenvalue weighted by molar-refractivity contribution is 7.92. The highest BCUT2D eigenvalue weighted by Crippen LogP contribution is 2.24. The Morgan fingerprint density at radius 2 is 1.41 bits per heavy atom. The van der Waals surface area contributed by atoms with Crippen LogP contribution in [0.2, 0.25) is 0 Å². The molecule has 2 amide bonds. The number of rotatable bonds is 11. The first kappa shape index (κ1) is 27.9. The van der Waals surface area contributed by atoms with E-state index in [9.17, 15) is 18.0 Å². The molecule has 1 atom stereocenters. The molecule has 0 heterocycles. The molecule has 8 heteroatoms. The van der Waals surface area contributed by atoms with E-state index in [4.69, 9.17) is 0 Å². The summed E-state index contributed by atoms with van der Waals surface area (Å²) in [5.41, 5.74) is 2.29. The lowest BCUT2D eigenvalue weighted by Crippen LogP contribution is -2.51. The van der Waals surface area contributed by atoms with Gasteiger partial charge >= 0.3 is 0 Å². The second kappa shape index (κ2) is 12.5. The maximum Gasteiger partial charge on any atom is 0.264 e. The summed E-state index contributed by atoms with van der Waals surface area (Å²) >= 11 is 0. The van der Waals surface area contributed by atoms with Crippen LogP contribution in [0.1, 0.15) is 31.9 Å². The van der Waals surface area contributed by atoms with Gasteiger partial charge in [-0.3, -0.25) is 13.9 Å². The molecule has 3 aromatic rings. The molecule has 0 aliphatic carbocycles. The molecular weight excluding hydrogens is 486 g/mol. The predicted octanol–water partition coefficient (Wildman–Crippen LogP) is 4.38. The number of carbonyl (C=O) groups is 2. The molecule has 0 aromatic heterocycles. The predicted molar refractivity (Wildman–Crippen MR) is 146 cm³/mol. The molecule has 7 nitrogen and oxygen atoms in total. The van der Waals surface area contributed by atoms with E-state index in [1.54, 1.807) is 55.5 Å². The van der Waals surface area contributed by atoms with E-state index in [1.165, 1.54) is 17.0 Å². The molecule has 0 aliphatic rings. The van der Waals surface area contributed by atoms with Gasteiger partial charge in [0.2, 0.25) is 11.8 Å². The molecule has 0 fully saturated rings. The van der Waals surface area contributed by atoms with Crippen LogP contribution in [0.3, 0.4) is 0 Å². The molecule has 1 N–H and O–H groups in total. The number of benzene rings is 3. The van der Waals surface area contributed by atoms with Gasteiger partial charge in [-0.15, -0.1) is 0 Å². The molecule has 0 bridgehead atoms. The van der Waals surface area contributed by atoms with Crippen LogP contribution in [0.25, 0.3) is 0 Å². The van der Waals surface area contributed by atoms with E-state index < -0.39 is 28.5 Å². The van der Waals surface area contributed by atoms with Gasteiger partial charge in [0.1, 0.15) is 12.6 Å². The summed E-state index contributed by atoms with van der Waals surface area (Å²) in [5.74, 6) is -0.510. The minimum Gasteiger partial charge on any atom is -0.354 e. The number of hydrogen-bond acceptors (Lipinski definition) is 4. The van der Waals surface area contributed by atoms with E-state index in [0.29, 0.717) is 12.2 Å². The van der Waals surface area contributed by atoms with Gasteiger partial charge in [0.05, 0.1) is 10.6 Å². The second-order valence-electron chi connectivity index (χ2n) is 9.48. The summed E-state index contributed by atoms with van der Waals surface area (Å²) in [5, 5.41) is 2.89. The first-order valence-electron chi connectivity index (χ1n) is 12.3. The van der Waals surface area contributed by atoms with Crippen LogP contribution < -0.4 is 9.62 Å². The number of nitrogens with zero attached hydrogens (tertiary/aromatic N) is 2. The maximum atomic E-state index is 13.8. The van der Waals surface area contributed by atoms with Crippen LogP contribution in [-0.4, -0.2) is 44.3 Å². The lowest BCUT2D eigenvalue weighted by atomic mass is 10.1. The number of carbonyl (C=O) groups excluding carboxylic acids is 2. The Hall–Kier alpha value is -3.65. The number of anilines is 1. The van der Waals surface area contributed by atoms with Crippen LogP contribution in [-0.2, 0) is 26.2 Å². The van der Waals surface area contributed by atoms with Crippen molar-refractivity contribution in [1.29, 1.82) is 0 Å². The zero-order valence-corrected chi connectivity index (χ0v) is 22.6. The normalized spacial score (nSPS) is 12.1. The summed E-state index contributed by atoms with van der Waals surface area (Å²) in [6, 6.07) is 23.4. The van der Waals surface area contributed by atoms with E-state index in [-0.39, 0.29) is 23.3 Å². The Morgan fingerprint density at radius 1 is 0.838 bits per heavy atom. The van der Waals surface area contributed by atoms with Crippen molar-refractivity contribution in [1.82, 2.24) is 10.2 Å². The third-order valence-electron chi connectivity index (χ3n) is 5.98. The summed E-state index contributed by atoms with van der Waals surface area (Å²) in [4.78, 5) is 28.3. The number of sulfonamides is 1. The van der Waals surface area contributed by atoms with Crippen molar-refractivity contribution >= 4 is 27.5 Å². The van der Waals surface area contributed by atoms with Crippen molar-refractivity contribution in [3.63, 3.8) is 0 Å². The molecule has 3 rings (SSSR count). The summed E-state index contributed by atoms with van der Waals surface area (Å²) < 4.78 is 28.4. The van der Waals surface area contributed by atoms with Crippen LogP contribution >= 0.6 is 0 Å². The largest absolute Gasteiger partial charge is 0.354 e. The second-order valence-corrected chi connectivity index (χ2v) is 11.3. The highest BCUT2D eigenvalue weighted by Gasteiger charge is 2.32. The fourth-order valence-electron chi connectivity index (χ4n) is 3.77. The molecule has 0 spiro atoms. The van der Waals surface area contributed by atoms with Gasteiger partial charge in [0.25, 0.3) is 10.0 Å². The third kappa shape index (κ3) is 7.43. The lowest BCUT2D eigenvalue weighted by Gasteiger charge is -2.32. The maximum absolute atomic E-state index is 13.8. The van der Waals surface area contributed by atoms with E-state index in [0.717, 1.165) is 15.4 Å². The van der Waals surface area contributed by atoms with Gasteiger partial charge in [0, 0.05) is 13.1 Å². The molecule has 196 valence electrons. The van der Waals surface area contributed by atoms with E-state index >= 15 is 0 Å². The topological polar surface area (TPSA) is 86.8 Å². The van der Waals surface area contributed by atoms with Crippen molar-refractivity contribution < 1.29 is 18.0 Å². The third-order valence-corrected chi connectivity index (χ3v) is 7.77. The Kier molecular flexibility index (Phi) is 9.47. The Morgan fingerprint density at radius 3 is 1.97 bits per heavy atom. The van der Waals surface area contributed by atoms with Crippen molar-refractivity contribution in [2.45, 2.75) is 45.2 Å². The molecule has 0 unspecified atom stereocenters. The van der Waals surface area contributed by atoms with Gasteiger partial charge in [-0.05, 0) is 49.6 Å². The number of hydrogen-bond donors (Lipinski definition) is 1. The van der Waals surface area contributed by atoms with Gasteiger partial charge in [-0.2, -0.15) is 0 Å². The number of para-hydroxylation sites is 1. The molecule has 0 saturated heterocycles. The molecule has 0 radical (unpaired) electrons. The van der Waals surface area contributed by atoms with Crippen molar-refractivity contribution in [2.75, 3.05) is 17.4 Å². The quantitative estimate of drug-likeness (QED) is 0.406. The Balaban J connectivity index is 1.96. The summed E-state index contributed by atoms with van der Waals surface area (Å²) in [6.07, 6.45) is 0. The van der Waals surface area contributed by atoms with Crippen LogP contribution in [0.15, 0.2) is 89.8 Å². The van der Waals surface area contributed by atoms with Crippen molar-refractivity contribution in [2.24, 2.45) is 5.92 Å². The van der Waals surface area contributed by atoms with Gasteiger partial charge < -0.3 is 10.2 Å². The van der Waals surface area contributed by atoms with Crippen LogP contribution in [0.4, 0.5) is 5.69 Å². The summed E-state index contributed by atoms with van der Waals surface area (Å²) in [6.45, 7) is 7.83. The lowest BCUT2D eigenvalue weighted by molar-refractivity contribution is -0.139. The standard InChI is InChI=1S/C29H35N3O4S/c1-22(2)19-30-29(34)24(4)31(20-25-17-15-23(3)16-18-25)28(33)21-32(26-11-7-5-8-12-26)37(35,36)27-13-9-6-10-14-27/h5-18,22,24H,19-21H2,1-4H3,(H,30,34)/t24-/m0/s1. The molecule has 0 aliphatic heterocycles. The van der Waals surface area contributed by atoms with Crippen LogP contribution in [0, 0.1) is 12.8 Å². The number of aryl methyl sites for hydroxylation is 1. The zero-order chi connectivity index (χ0) is 27.0. The zero-order valence-electron chi connectivity index (χ0n) is 21.8. The molecule has 0 saturated carbocycles. The Labute approximate surface area is 220 Å². The SMILES string of the molecule is Cc1ccc(CN(C(=O)CN(c2ccccc2)S(=O)(=O)c2ccccc2)[C@@H](C)C(=O)NCC(C)C)cc1. The van der Waals surface area contributed by atoms with E-state index in [2.05, 4.69) is 5.32 Å². The van der Waals surface area contributed by atoms with E-state index in [1.807, 2.05) is 45.0 Å². The summed E-state index contributed by atoms with van der Waals surface area (Å²) in [7, 11) is -4.04. The van der Waals surface area contributed by atoms with Gasteiger partial charge in [-0.25, -0.2) is 8.42 Å². The first-order valence-corrected chi connectivity index (χ1v) is 13.8. The van der Waals surface area contributed by atoms with Gasteiger partial charge in [-0.1, -0.05) is 80.1 Å². The Bertz CT molecular complexity index is 1280. The molecular formula is C29H35N3O4S. The molecule has 3 aromatic carbocycles. The fraction of sp³-hybridized carbons (Fsp3) is 0.310. The number of amides is 2. The minimum atomic E-state index is -4.04. The van der Waals surface area contributed by atoms with Crippen LogP contribution in [0.5, 0.6) is 0 Å². The first-order chi connectivity index (χ1) is 17.6. The average molecular weight is 522 g/mol. The van der Waals surface area contributed by atoms with Crippen molar-refractivity contribution in [3.8, 4) is 0 Å².